The molecule has 3 rings (SSSR count). The van der Waals surface area contributed by atoms with Crippen molar-refractivity contribution in [3.63, 3.8) is 0 Å². The Morgan fingerprint density at radius 2 is 1.89 bits per heavy atom. The molecule has 0 radical (unpaired) electrons. The maximum absolute atomic E-state index is 13.7. The highest BCUT2D eigenvalue weighted by Gasteiger charge is 2.10. The van der Waals surface area contributed by atoms with E-state index >= 15 is 0 Å². The van der Waals surface area contributed by atoms with Crippen LogP contribution in [0.2, 0.25) is 5.02 Å². The van der Waals surface area contributed by atoms with Gasteiger partial charge in [0.15, 0.2) is 11.5 Å². The first-order valence-electron chi connectivity index (χ1n) is 5.13. The molecule has 3 aromatic rings. The van der Waals surface area contributed by atoms with E-state index in [1.165, 1.54) is 30.6 Å². The first-order chi connectivity index (χ1) is 8.74. The molecule has 6 heteroatoms. The number of benzene rings is 1. The fraction of sp³-hybridized carbons (Fsp3) is 0. The Kier molecular flexibility index (Phi) is 2.60. The normalized spacial score (nSPS) is 10.8. The quantitative estimate of drug-likeness (QED) is 0.675. The molecular formula is C12H6ClFN4. The number of nitrogens with zero attached hydrogens (tertiary/aromatic N) is 4. The molecule has 0 saturated heterocycles. The minimum absolute atomic E-state index is 0.239. The lowest BCUT2D eigenvalue weighted by Gasteiger charge is -2.03. The van der Waals surface area contributed by atoms with Crippen LogP contribution < -0.4 is 0 Å². The lowest BCUT2D eigenvalue weighted by molar-refractivity contribution is 0.630. The third kappa shape index (κ3) is 1.89. The summed E-state index contributed by atoms with van der Waals surface area (Å²) < 4.78 is 13.7. The fourth-order valence-electron chi connectivity index (χ4n) is 1.57. The maximum atomic E-state index is 13.7. The van der Waals surface area contributed by atoms with Crippen LogP contribution >= 0.6 is 11.6 Å². The number of hydrogen-bond acceptors (Lipinski definition) is 4. The molecule has 0 aliphatic rings. The van der Waals surface area contributed by atoms with Gasteiger partial charge in [0.25, 0.3) is 0 Å². The standard InChI is InChI=1S/C12H6ClFN4/c13-7-1-2-9(14)8(5-7)11-17-6-10-12(18-11)16-4-3-15-10/h1-6H. The zero-order valence-corrected chi connectivity index (χ0v) is 9.76. The van der Waals surface area contributed by atoms with E-state index in [-0.39, 0.29) is 11.4 Å². The van der Waals surface area contributed by atoms with Gasteiger partial charge in [0.05, 0.1) is 11.8 Å². The average molecular weight is 261 g/mol. The van der Waals surface area contributed by atoms with Gasteiger partial charge in [0.1, 0.15) is 11.3 Å². The van der Waals surface area contributed by atoms with Crippen LogP contribution in [0.25, 0.3) is 22.6 Å². The van der Waals surface area contributed by atoms with Crippen molar-refractivity contribution < 1.29 is 4.39 Å². The third-order valence-corrected chi connectivity index (χ3v) is 2.63. The number of rotatable bonds is 1. The van der Waals surface area contributed by atoms with Gasteiger partial charge in [-0.25, -0.2) is 24.3 Å². The molecule has 0 spiro atoms. The molecule has 0 atom stereocenters. The molecule has 0 amide bonds. The lowest BCUT2D eigenvalue weighted by atomic mass is 10.2. The van der Waals surface area contributed by atoms with Crippen molar-refractivity contribution in [2.24, 2.45) is 0 Å². The van der Waals surface area contributed by atoms with Crippen LogP contribution in [0.1, 0.15) is 0 Å². The number of hydrogen-bond donors (Lipinski definition) is 0. The highest BCUT2D eigenvalue weighted by molar-refractivity contribution is 6.30. The first kappa shape index (κ1) is 11.0. The van der Waals surface area contributed by atoms with Crippen LogP contribution in [-0.4, -0.2) is 19.9 Å². The number of fused-ring (bicyclic) bond motifs is 1. The first-order valence-corrected chi connectivity index (χ1v) is 5.51. The van der Waals surface area contributed by atoms with Gasteiger partial charge in [-0.2, -0.15) is 0 Å². The average Bonchev–Trinajstić information content (AvgIpc) is 2.41. The van der Waals surface area contributed by atoms with E-state index < -0.39 is 5.82 Å². The van der Waals surface area contributed by atoms with Crippen LogP contribution in [0.15, 0.2) is 36.8 Å². The highest BCUT2D eigenvalue weighted by Crippen LogP contribution is 2.23. The van der Waals surface area contributed by atoms with E-state index in [1.807, 2.05) is 0 Å². The van der Waals surface area contributed by atoms with Crippen LogP contribution in [0.4, 0.5) is 4.39 Å². The summed E-state index contributed by atoms with van der Waals surface area (Å²) in [5, 5.41) is 0.425. The van der Waals surface area contributed by atoms with Crippen molar-refractivity contribution in [1.82, 2.24) is 19.9 Å². The second-order valence-corrected chi connectivity index (χ2v) is 4.02. The van der Waals surface area contributed by atoms with Gasteiger partial charge in [0, 0.05) is 17.4 Å². The van der Waals surface area contributed by atoms with E-state index in [9.17, 15) is 4.39 Å². The summed E-state index contributed by atoms with van der Waals surface area (Å²) in [5.41, 5.74) is 1.22. The topological polar surface area (TPSA) is 51.6 Å². The minimum atomic E-state index is -0.428. The molecule has 4 nitrogen and oxygen atoms in total. The smallest absolute Gasteiger partial charge is 0.181 e. The third-order valence-electron chi connectivity index (χ3n) is 2.40. The van der Waals surface area contributed by atoms with Crippen LogP contribution in [0, 0.1) is 5.82 Å². The Bertz CT molecular complexity index is 732. The van der Waals surface area contributed by atoms with Gasteiger partial charge in [-0.3, -0.25) is 0 Å². The Morgan fingerprint density at radius 1 is 1.06 bits per heavy atom. The molecule has 18 heavy (non-hydrogen) atoms. The van der Waals surface area contributed by atoms with E-state index in [1.54, 1.807) is 6.20 Å². The molecule has 0 aliphatic carbocycles. The summed E-state index contributed by atoms with van der Waals surface area (Å²) in [7, 11) is 0. The number of halogens is 2. The van der Waals surface area contributed by atoms with Crippen LogP contribution in [-0.2, 0) is 0 Å². The van der Waals surface area contributed by atoms with Crippen molar-refractivity contribution >= 4 is 22.8 Å². The van der Waals surface area contributed by atoms with Gasteiger partial charge in [-0.05, 0) is 18.2 Å². The lowest BCUT2D eigenvalue weighted by Crippen LogP contribution is -1.95. The second-order valence-electron chi connectivity index (χ2n) is 3.58. The Hall–Kier alpha value is -2.14. The predicted molar refractivity (Wildman–Crippen MR) is 65.5 cm³/mol. The Morgan fingerprint density at radius 3 is 2.78 bits per heavy atom. The molecule has 0 unspecified atom stereocenters. The molecule has 2 aromatic heterocycles. The van der Waals surface area contributed by atoms with Gasteiger partial charge < -0.3 is 0 Å². The van der Waals surface area contributed by atoms with Crippen LogP contribution in [0.5, 0.6) is 0 Å². The molecular weight excluding hydrogens is 255 g/mol. The largest absolute Gasteiger partial charge is 0.250 e. The number of aromatic nitrogens is 4. The van der Waals surface area contributed by atoms with Crippen molar-refractivity contribution in [2.75, 3.05) is 0 Å². The van der Waals surface area contributed by atoms with E-state index in [0.717, 1.165) is 0 Å². The van der Waals surface area contributed by atoms with Gasteiger partial charge >= 0.3 is 0 Å². The van der Waals surface area contributed by atoms with Crippen LogP contribution in [0.3, 0.4) is 0 Å². The molecule has 2 heterocycles. The zero-order valence-electron chi connectivity index (χ0n) is 9.01. The fourth-order valence-corrected chi connectivity index (χ4v) is 1.74. The summed E-state index contributed by atoms with van der Waals surface area (Å²) in [4.78, 5) is 16.3. The SMILES string of the molecule is Fc1ccc(Cl)cc1-c1ncc2nccnc2n1. The molecule has 88 valence electrons. The van der Waals surface area contributed by atoms with E-state index in [4.69, 9.17) is 11.6 Å². The Labute approximate surface area is 107 Å². The van der Waals surface area contributed by atoms with Gasteiger partial charge in [-0.15, -0.1) is 0 Å². The summed E-state index contributed by atoms with van der Waals surface area (Å²) in [5.74, 6) is -0.189. The second kappa shape index (κ2) is 4.27. The molecule has 0 fully saturated rings. The van der Waals surface area contributed by atoms with E-state index in [2.05, 4.69) is 19.9 Å². The van der Waals surface area contributed by atoms with E-state index in [0.29, 0.717) is 16.2 Å². The van der Waals surface area contributed by atoms with Crippen molar-refractivity contribution in [1.29, 1.82) is 0 Å². The zero-order chi connectivity index (χ0) is 12.5. The van der Waals surface area contributed by atoms with Crippen molar-refractivity contribution in [3.8, 4) is 11.4 Å². The molecule has 0 aliphatic heterocycles. The molecule has 0 N–H and O–H groups in total. The van der Waals surface area contributed by atoms with Gasteiger partial charge in [0.2, 0.25) is 0 Å². The molecule has 0 bridgehead atoms. The Balaban J connectivity index is 2.22. The predicted octanol–water partition coefficient (Wildman–Crippen LogP) is 2.88. The molecule has 1 aromatic carbocycles. The summed E-state index contributed by atoms with van der Waals surface area (Å²) in [6, 6.07) is 4.23. The summed E-state index contributed by atoms with van der Waals surface area (Å²) in [6.45, 7) is 0. The molecule has 0 saturated carbocycles. The minimum Gasteiger partial charge on any atom is -0.250 e. The van der Waals surface area contributed by atoms with Crippen molar-refractivity contribution in [2.45, 2.75) is 0 Å². The monoisotopic (exact) mass is 260 g/mol. The van der Waals surface area contributed by atoms with Crippen molar-refractivity contribution in [3.05, 3.63) is 47.6 Å². The maximum Gasteiger partial charge on any atom is 0.181 e. The highest BCUT2D eigenvalue weighted by atomic mass is 35.5. The van der Waals surface area contributed by atoms with Gasteiger partial charge in [-0.1, -0.05) is 11.6 Å². The summed E-state index contributed by atoms with van der Waals surface area (Å²) in [6.07, 6.45) is 4.57. The summed E-state index contributed by atoms with van der Waals surface area (Å²) >= 11 is 5.83.